The molecule has 2 aromatic carbocycles. The van der Waals surface area contributed by atoms with Crippen molar-refractivity contribution >= 4 is 23.8 Å². The Morgan fingerprint density at radius 1 is 1.17 bits per heavy atom. The van der Waals surface area contributed by atoms with Crippen molar-refractivity contribution < 1.29 is 4.79 Å². The lowest BCUT2D eigenvalue weighted by atomic mass is 10.1. The molecular weight excluding hydrogens is 394 g/mol. The Balaban J connectivity index is 1.54. The molecule has 0 radical (unpaired) electrons. The number of likely N-dealkylation sites (N-methyl/N-ethyl adjacent to an activating group) is 1. The molecule has 0 aliphatic heterocycles. The van der Waals surface area contributed by atoms with Crippen molar-refractivity contribution in [2.45, 2.75) is 33.7 Å². The maximum atomic E-state index is 12.4. The summed E-state index contributed by atoms with van der Waals surface area (Å²) in [6.45, 7) is 9.03. The Kier molecular flexibility index (Phi) is 7.41. The predicted molar refractivity (Wildman–Crippen MR) is 124 cm³/mol. The fraction of sp³-hybridized carbons (Fsp3) is 0.348. The topological polar surface area (TPSA) is 66.0 Å². The van der Waals surface area contributed by atoms with Crippen LogP contribution in [0.5, 0.6) is 0 Å². The Hall–Kier alpha value is -2.93. The Bertz CT molecular complexity index is 1040. The minimum Gasteiger partial charge on any atom is -0.370 e. The number of anilines is 1. The highest BCUT2D eigenvalue weighted by Gasteiger charge is 2.11. The molecule has 2 N–H and O–H groups in total. The number of carbonyl (C=O) groups excluding carboxylic acids is 1. The molecule has 0 unspecified atom stereocenters. The SMILES string of the molecule is CCN(CCNC(=O)CCn1c(-c2ccc(C)cc2)n[nH]c1=S)c1ccccc1C. The van der Waals surface area contributed by atoms with Crippen LogP contribution in [0.3, 0.4) is 0 Å². The maximum Gasteiger partial charge on any atom is 0.221 e. The molecule has 0 aliphatic carbocycles. The van der Waals surface area contributed by atoms with Gasteiger partial charge in [0.2, 0.25) is 5.91 Å². The first-order chi connectivity index (χ1) is 14.5. The van der Waals surface area contributed by atoms with Crippen LogP contribution in [0.15, 0.2) is 48.5 Å². The quantitative estimate of drug-likeness (QED) is 0.505. The van der Waals surface area contributed by atoms with Crippen LogP contribution in [0.1, 0.15) is 24.5 Å². The van der Waals surface area contributed by atoms with E-state index in [2.05, 4.69) is 46.4 Å². The molecule has 7 heteroatoms. The lowest BCUT2D eigenvalue weighted by Crippen LogP contribution is -2.35. The van der Waals surface area contributed by atoms with Crippen LogP contribution in [0, 0.1) is 18.6 Å². The van der Waals surface area contributed by atoms with E-state index in [9.17, 15) is 4.79 Å². The van der Waals surface area contributed by atoms with Gasteiger partial charge in [-0.1, -0.05) is 48.0 Å². The van der Waals surface area contributed by atoms with Gasteiger partial charge in [0.15, 0.2) is 10.6 Å². The van der Waals surface area contributed by atoms with Gasteiger partial charge in [-0.15, -0.1) is 0 Å². The monoisotopic (exact) mass is 423 g/mol. The number of aromatic amines is 1. The van der Waals surface area contributed by atoms with E-state index in [1.54, 1.807) is 0 Å². The highest BCUT2D eigenvalue weighted by molar-refractivity contribution is 7.71. The number of carbonyl (C=O) groups is 1. The Morgan fingerprint density at radius 2 is 1.90 bits per heavy atom. The summed E-state index contributed by atoms with van der Waals surface area (Å²) in [6.07, 6.45) is 0.350. The third kappa shape index (κ3) is 5.36. The first-order valence-electron chi connectivity index (χ1n) is 10.3. The molecule has 3 rings (SSSR count). The number of aryl methyl sites for hydroxylation is 2. The first-order valence-corrected chi connectivity index (χ1v) is 10.7. The normalized spacial score (nSPS) is 10.8. The van der Waals surface area contributed by atoms with Gasteiger partial charge in [0, 0.05) is 43.9 Å². The first kappa shape index (κ1) is 21.8. The maximum absolute atomic E-state index is 12.4. The van der Waals surface area contributed by atoms with Gasteiger partial charge in [-0.2, -0.15) is 5.10 Å². The summed E-state index contributed by atoms with van der Waals surface area (Å²) in [5.41, 5.74) is 4.61. The minimum atomic E-state index is 0.00814. The second-order valence-corrected chi connectivity index (χ2v) is 7.72. The van der Waals surface area contributed by atoms with Gasteiger partial charge in [-0.3, -0.25) is 14.5 Å². The summed E-state index contributed by atoms with van der Waals surface area (Å²) < 4.78 is 2.40. The number of amides is 1. The lowest BCUT2D eigenvalue weighted by Gasteiger charge is -2.25. The van der Waals surface area contributed by atoms with Crippen LogP contribution < -0.4 is 10.2 Å². The molecule has 158 valence electrons. The molecule has 0 atom stereocenters. The van der Waals surface area contributed by atoms with Crippen molar-refractivity contribution in [1.29, 1.82) is 0 Å². The van der Waals surface area contributed by atoms with Crippen molar-refractivity contribution in [1.82, 2.24) is 20.1 Å². The van der Waals surface area contributed by atoms with Gasteiger partial charge in [-0.25, -0.2) is 0 Å². The summed E-state index contributed by atoms with van der Waals surface area (Å²) in [6, 6.07) is 16.4. The van der Waals surface area contributed by atoms with E-state index in [4.69, 9.17) is 12.2 Å². The van der Waals surface area contributed by atoms with E-state index in [0.717, 1.165) is 24.5 Å². The van der Waals surface area contributed by atoms with Gasteiger partial charge in [0.1, 0.15) is 0 Å². The van der Waals surface area contributed by atoms with E-state index >= 15 is 0 Å². The van der Waals surface area contributed by atoms with Crippen LogP contribution >= 0.6 is 12.2 Å². The highest BCUT2D eigenvalue weighted by Crippen LogP contribution is 2.19. The van der Waals surface area contributed by atoms with Gasteiger partial charge in [0.05, 0.1) is 0 Å². The largest absolute Gasteiger partial charge is 0.370 e. The zero-order valence-electron chi connectivity index (χ0n) is 17.8. The summed E-state index contributed by atoms with van der Waals surface area (Å²) in [5, 5.41) is 10.2. The van der Waals surface area contributed by atoms with E-state index in [0.29, 0.717) is 24.3 Å². The Morgan fingerprint density at radius 3 is 2.60 bits per heavy atom. The van der Waals surface area contributed by atoms with Crippen molar-refractivity contribution in [3.8, 4) is 11.4 Å². The van der Waals surface area contributed by atoms with Crippen LogP contribution in [-0.4, -0.2) is 40.3 Å². The number of para-hydroxylation sites is 1. The molecule has 0 aliphatic rings. The number of rotatable bonds is 9. The molecule has 30 heavy (non-hydrogen) atoms. The lowest BCUT2D eigenvalue weighted by molar-refractivity contribution is -0.121. The van der Waals surface area contributed by atoms with Crippen LogP contribution in [0.2, 0.25) is 0 Å². The van der Waals surface area contributed by atoms with E-state index in [1.807, 2.05) is 47.9 Å². The summed E-state index contributed by atoms with van der Waals surface area (Å²) in [5.74, 6) is 0.762. The predicted octanol–water partition coefficient (Wildman–Crippen LogP) is 4.26. The summed E-state index contributed by atoms with van der Waals surface area (Å²) in [4.78, 5) is 14.7. The molecule has 3 aromatic rings. The molecule has 0 fully saturated rings. The van der Waals surface area contributed by atoms with Crippen LogP contribution in [-0.2, 0) is 11.3 Å². The zero-order valence-corrected chi connectivity index (χ0v) is 18.6. The molecule has 1 amide bonds. The third-order valence-electron chi connectivity index (χ3n) is 5.17. The van der Waals surface area contributed by atoms with Crippen LogP contribution in [0.25, 0.3) is 11.4 Å². The molecular formula is C23H29N5OS. The van der Waals surface area contributed by atoms with Crippen molar-refractivity contribution in [2.75, 3.05) is 24.5 Å². The fourth-order valence-corrected chi connectivity index (χ4v) is 3.67. The number of nitrogens with one attached hydrogen (secondary N) is 2. The summed E-state index contributed by atoms with van der Waals surface area (Å²) >= 11 is 5.36. The molecule has 0 bridgehead atoms. The standard InChI is InChI=1S/C23H29N5OS/c1-4-27(20-8-6-5-7-18(20)3)16-14-24-21(29)13-15-28-22(25-26-23(28)30)19-11-9-17(2)10-12-19/h5-12H,4,13-16H2,1-3H3,(H,24,29)(H,26,30). The molecule has 1 heterocycles. The third-order valence-corrected chi connectivity index (χ3v) is 5.48. The van der Waals surface area contributed by atoms with E-state index < -0.39 is 0 Å². The fourth-order valence-electron chi connectivity index (χ4n) is 3.45. The number of nitrogens with zero attached hydrogens (tertiary/aromatic N) is 3. The molecule has 0 saturated carbocycles. The zero-order chi connectivity index (χ0) is 21.5. The number of aromatic nitrogens is 3. The average Bonchev–Trinajstić information content (AvgIpc) is 3.11. The van der Waals surface area contributed by atoms with Gasteiger partial charge >= 0.3 is 0 Å². The number of hydrogen-bond donors (Lipinski definition) is 2. The van der Waals surface area contributed by atoms with Gasteiger partial charge < -0.3 is 10.2 Å². The molecule has 0 saturated heterocycles. The Labute approximate surface area is 182 Å². The highest BCUT2D eigenvalue weighted by atomic mass is 32.1. The van der Waals surface area contributed by atoms with Crippen LogP contribution in [0.4, 0.5) is 5.69 Å². The van der Waals surface area contributed by atoms with Crippen molar-refractivity contribution in [2.24, 2.45) is 0 Å². The van der Waals surface area contributed by atoms with Gasteiger partial charge in [0.25, 0.3) is 0 Å². The molecule has 6 nitrogen and oxygen atoms in total. The van der Waals surface area contributed by atoms with Gasteiger partial charge in [-0.05, 0) is 44.6 Å². The minimum absolute atomic E-state index is 0.00814. The van der Waals surface area contributed by atoms with E-state index in [-0.39, 0.29) is 5.91 Å². The second kappa shape index (κ2) is 10.2. The number of benzene rings is 2. The molecule has 0 spiro atoms. The molecule has 1 aromatic heterocycles. The number of H-pyrrole nitrogens is 1. The second-order valence-electron chi connectivity index (χ2n) is 7.34. The van der Waals surface area contributed by atoms with Crippen molar-refractivity contribution in [3.63, 3.8) is 0 Å². The average molecular weight is 424 g/mol. The van der Waals surface area contributed by atoms with E-state index in [1.165, 1.54) is 16.8 Å². The smallest absolute Gasteiger partial charge is 0.221 e. The number of hydrogen-bond acceptors (Lipinski definition) is 4. The van der Waals surface area contributed by atoms with Crippen molar-refractivity contribution in [3.05, 3.63) is 64.4 Å². The summed E-state index contributed by atoms with van der Waals surface area (Å²) in [7, 11) is 0.